The maximum atomic E-state index is 4.34. The lowest BCUT2D eigenvalue weighted by molar-refractivity contribution is 0.937. The van der Waals surface area contributed by atoms with Crippen molar-refractivity contribution in [3.63, 3.8) is 0 Å². The van der Waals surface area contributed by atoms with Gasteiger partial charge in [0.1, 0.15) is 0 Å². The van der Waals surface area contributed by atoms with Gasteiger partial charge in [0.2, 0.25) is 0 Å². The molecule has 0 fully saturated rings. The van der Waals surface area contributed by atoms with Gasteiger partial charge in [-0.15, -0.1) is 0 Å². The van der Waals surface area contributed by atoms with Crippen LogP contribution < -0.4 is 0 Å². The van der Waals surface area contributed by atoms with Crippen molar-refractivity contribution in [3.05, 3.63) is 48.0 Å². The monoisotopic (exact) mass is 197 g/mol. The van der Waals surface area contributed by atoms with Gasteiger partial charge in [-0.3, -0.25) is 4.99 Å². The van der Waals surface area contributed by atoms with E-state index in [0.717, 1.165) is 13.0 Å². The number of hydrogen-bond acceptors (Lipinski definition) is 1. The molecule has 0 aliphatic rings. The molecule has 1 nitrogen and oxygen atoms in total. The van der Waals surface area contributed by atoms with E-state index in [2.05, 4.69) is 54.4 Å². The average molecular weight is 197 g/mol. The highest BCUT2D eigenvalue weighted by Crippen LogP contribution is 2.14. The summed E-state index contributed by atoms with van der Waals surface area (Å²) in [7, 11) is 0. The van der Waals surface area contributed by atoms with Crippen LogP contribution in [0, 0.1) is 0 Å². The standard InChI is InChI=1S/C14H15N/c1-2-9-15-11-12-7-8-13-5-3-4-6-14(13)10-12/h3-8,10-11H,2,9H2,1H3. The van der Waals surface area contributed by atoms with E-state index in [1.807, 2.05) is 6.21 Å². The molecule has 0 bridgehead atoms. The van der Waals surface area contributed by atoms with Crippen LogP contribution in [0.5, 0.6) is 0 Å². The Morgan fingerprint density at radius 1 is 1.07 bits per heavy atom. The SMILES string of the molecule is CCCN=Cc1ccc2ccccc2c1. The highest BCUT2D eigenvalue weighted by molar-refractivity contribution is 5.90. The summed E-state index contributed by atoms with van der Waals surface area (Å²) >= 11 is 0. The summed E-state index contributed by atoms with van der Waals surface area (Å²) in [6.45, 7) is 3.05. The van der Waals surface area contributed by atoms with Gasteiger partial charge >= 0.3 is 0 Å². The molecule has 0 atom stereocenters. The molecule has 76 valence electrons. The van der Waals surface area contributed by atoms with Gasteiger partial charge < -0.3 is 0 Å². The van der Waals surface area contributed by atoms with E-state index in [0.29, 0.717) is 0 Å². The van der Waals surface area contributed by atoms with Crippen LogP contribution in [0.1, 0.15) is 18.9 Å². The van der Waals surface area contributed by atoms with Gasteiger partial charge in [-0.2, -0.15) is 0 Å². The molecule has 0 radical (unpaired) electrons. The Morgan fingerprint density at radius 2 is 1.87 bits per heavy atom. The first-order valence-electron chi connectivity index (χ1n) is 5.39. The minimum absolute atomic E-state index is 0.910. The van der Waals surface area contributed by atoms with E-state index >= 15 is 0 Å². The molecule has 2 aromatic carbocycles. The third-order valence-electron chi connectivity index (χ3n) is 2.37. The van der Waals surface area contributed by atoms with Gasteiger partial charge in [-0.25, -0.2) is 0 Å². The first kappa shape index (κ1) is 9.91. The van der Waals surface area contributed by atoms with Crippen LogP contribution in [0.15, 0.2) is 47.5 Å². The van der Waals surface area contributed by atoms with Crippen molar-refractivity contribution in [1.29, 1.82) is 0 Å². The first-order chi connectivity index (χ1) is 7.40. The molecule has 0 N–H and O–H groups in total. The fourth-order valence-electron chi connectivity index (χ4n) is 1.59. The van der Waals surface area contributed by atoms with Crippen LogP contribution in [-0.2, 0) is 0 Å². The van der Waals surface area contributed by atoms with Gasteiger partial charge in [-0.1, -0.05) is 43.3 Å². The second-order valence-electron chi connectivity index (χ2n) is 3.64. The third kappa shape index (κ3) is 2.44. The molecule has 0 aliphatic heterocycles. The molecule has 2 aromatic rings. The molecule has 1 heteroatoms. The number of rotatable bonds is 3. The van der Waals surface area contributed by atoms with Crippen molar-refractivity contribution in [1.82, 2.24) is 0 Å². The maximum Gasteiger partial charge on any atom is 0.0386 e. The van der Waals surface area contributed by atoms with Gasteiger partial charge in [0.15, 0.2) is 0 Å². The minimum atomic E-state index is 0.910. The zero-order chi connectivity index (χ0) is 10.5. The van der Waals surface area contributed by atoms with E-state index in [1.54, 1.807) is 0 Å². The molecule has 15 heavy (non-hydrogen) atoms. The largest absolute Gasteiger partial charge is 0.293 e. The summed E-state index contributed by atoms with van der Waals surface area (Å²) in [5.74, 6) is 0. The van der Waals surface area contributed by atoms with Crippen molar-refractivity contribution in [2.24, 2.45) is 4.99 Å². The molecule has 0 aromatic heterocycles. The lowest BCUT2D eigenvalue weighted by atomic mass is 10.1. The van der Waals surface area contributed by atoms with E-state index in [-0.39, 0.29) is 0 Å². The Kier molecular flexibility index (Phi) is 3.13. The van der Waals surface area contributed by atoms with Crippen LogP contribution in [-0.4, -0.2) is 12.8 Å². The zero-order valence-corrected chi connectivity index (χ0v) is 8.98. The van der Waals surface area contributed by atoms with Gasteiger partial charge in [0.05, 0.1) is 0 Å². The Bertz CT molecular complexity index is 471. The van der Waals surface area contributed by atoms with Crippen molar-refractivity contribution in [2.45, 2.75) is 13.3 Å². The molecule has 0 heterocycles. The van der Waals surface area contributed by atoms with Crippen LogP contribution in [0.4, 0.5) is 0 Å². The summed E-state index contributed by atoms with van der Waals surface area (Å²) in [6, 6.07) is 14.8. The summed E-state index contributed by atoms with van der Waals surface area (Å²) in [5, 5.41) is 2.56. The summed E-state index contributed by atoms with van der Waals surface area (Å²) in [5.41, 5.74) is 1.18. The molecule has 0 aliphatic carbocycles. The van der Waals surface area contributed by atoms with Gasteiger partial charge in [0, 0.05) is 12.8 Å². The van der Waals surface area contributed by atoms with Crippen molar-refractivity contribution in [2.75, 3.05) is 6.54 Å². The fourth-order valence-corrected chi connectivity index (χ4v) is 1.59. The molecule has 0 saturated carbocycles. The van der Waals surface area contributed by atoms with Crippen LogP contribution in [0.2, 0.25) is 0 Å². The number of benzene rings is 2. The highest BCUT2D eigenvalue weighted by atomic mass is 14.7. The lowest BCUT2D eigenvalue weighted by Crippen LogP contribution is -1.83. The highest BCUT2D eigenvalue weighted by Gasteiger charge is 1.92. The Balaban J connectivity index is 2.30. The Hall–Kier alpha value is -1.63. The zero-order valence-electron chi connectivity index (χ0n) is 8.98. The first-order valence-corrected chi connectivity index (χ1v) is 5.39. The molecule has 0 unspecified atom stereocenters. The number of aliphatic imine (C=N–C) groups is 1. The number of fused-ring (bicyclic) bond motifs is 1. The van der Waals surface area contributed by atoms with E-state index in [9.17, 15) is 0 Å². The second kappa shape index (κ2) is 4.74. The Morgan fingerprint density at radius 3 is 2.67 bits per heavy atom. The van der Waals surface area contributed by atoms with E-state index in [4.69, 9.17) is 0 Å². The van der Waals surface area contributed by atoms with E-state index in [1.165, 1.54) is 16.3 Å². The topological polar surface area (TPSA) is 12.4 Å². The fraction of sp³-hybridized carbons (Fsp3) is 0.214. The molecular weight excluding hydrogens is 182 g/mol. The van der Waals surface area contributed by atoms with Crippen LogP contribution in [0.25, 0.3) is 10.8 Å². The van der Waals surface area contributed by atoms with Crippen molar-refractivity contribution >= 4 is 17.0 Å². The molecular formula is C14H15N. The maximum absolute atomic E-state index is 4.34. The lowest BCUT2D eigenvalue weighted by Gasteiger charge is -1.98. The summed E-state index contributed by atoms with van der Waals surface area (Å²) in [4.78, 5) is 4.34. The molecule has 2 rings (SSSR count). The molecule has 0 spiro atoms. The smallest absolute Gasteiger partial charge is 0.0386 e. The van der Waals surface area contributed by atoms with Gasteiger partial charge in [0.25, 0.3) is 0 Å². The molecule has 0 amide bonds. The van der Waals surface area contributed by atoms with Crippen LogP contribution in [0.3, 0.4) is 0 Å². The number of hydrogen-bond donors (Lipinski definition) is 0. The summed E-state index contributed by atoms with van der Waals surface area (Å²) < 4.78 is 0. The predicted molar refractivity (Wildman–Crippen MR) is 66.7 cm³/mol. The van der Waals surface area contributed by atoms with E-state index < -0.39 is 0 Å². The van der Waals surface area contributed by atoms with Gasteiger partial charge in [-0.05, 0) is 28.8 Å². The van der Waals surface area contributed by atoms with Crippen molar-refractivity contribution < 1.29 is 0 Å². The average Bonchev–Trinajstić information content (AvgIpc) is 2.29. The quantitative estimate of drug-likeness (QED) is 0.666. The second-order valence-corrected chi connectivity index (χ2v) is 3.64. The molecule has 0 saturated heterocycles. The normalized spacial score (nSPS) is 11.3. The predicted octanol–water partition coefficient (Wildman–Crippen LogP) is 3.67. The minimum Gasteiger partial charge on any atom is -0.293 e. The Labute approximate surface area is 90.5 Å². The summed E-state index contributed by atoms with van der Waals surface area (Å²) in [6.07, 6.45) is 3.06. The number of nitrogens with zero attached hydrogens (tertiary/aromatic N) is 1. The third-order valence-corrected chi connectivity index (χ3v) is 2.37. The van der Waals surface area contributed by atoms with Crippen LogP contribution >= 0.6 is 0 Å². The van der Waals surface area contributed by atoms with Crippen molar-refractivity contribution in [3.8, 4) is 0 Å².